The van der Waals surface area contributed by atoms with E-state index in [0.29, 0.717) is 5.69 Å². The molecule has 1 aromatic heterocycles. The Morgan fingerprint density at radius 3 is 2.78 bits per heavy atom. The number of hydrogen-bond donors (Lipinski definition) is 2. The highest BCUT2D eigenvalue weighted by molar-refractivity contribution is 6.03. The lowest BCUT2D eigenvalue weighted by atomic mass is 10.2. The topological polar surface area (TPSA) is 62.5 Å². The smallest absolute Gasteiger partial charge is 0.291 e. The molecule has 4 heteroatoms. The molecule has 0 atom stereocenters. The highest BCUT2D eigenvalue weighted by atomic mass is 16.3. The number of aromatic hydroxyl groups is 1. The van der Waals surface area contributed by atoms with Gasteiger partial charge >= 0.3 is 0 Å². The first-order valence-corrected chi connectivity index (χ1v) is 5.80. The summed E-state index contributed by atoms with van der Waals surface area (Å²) in [5, 5.41) is 12.3. The number of rotatable bonds is 3. The van der Waals surface area contributed by atoms with Gasteiger partial charge < -0.3 is 14.8 Å². The molecule has 0 saturated carbocycles. The molecule has 1 amide bonds. The molecule has 0 bridgehead atoms. The maximum Gasteiger partial charge on any atom is 0.291 e. The lowest BCUT2D eigenvalue weighted by Crippen LogP contribution is -2.11. The number of carbonyl (C=O) groups is 1. The summed E-state index contributed by atoms with van der Waals surface area (Å²) in [6.45, 7) is 3.84. The van der Waals surface area contributed by atoms with Gasteiger partial charge in [0.1, 0.15) is 11.5 Å². The number of anilines is 1. The number of aryl methyl sites for hydroxylation is 2. The van der Waals surface area contributed by atoms with Gasteiger partial charge in [0.25, 0.3) is 5.91 Å². The fourth-order valence-electron chi connectivity index (χ4n) is 1.62. The molecule has 0 fully saturated rings. The maximum atomic E-state index is 11.9. The van der Waals surface area contributed by atoms with Crippen LogP contribution in [0.1, 0.15) is 28.8 Å². The number of nitrogens with one attached hydrogen (secondary N) is 1. The van der Waals surface area contributed by atoms with Crippen molar-refractivity contribution in [1.29, 1.82) is 0 Å². The second kappa shape index (κ2) is 4.96. The maximum absolute atomic E-state index is 11.9. The van der Waals surface area contributed by atoms with E-state index in [2.05, 4.69) is 5.32 Å². The minimum atomic E-state index is -0.365. The molecule has 18 heavy (non-hydrogen) atoms. The first-order valence-electron chi connectivity index (χ1n) is 5.80. The highest BCUT2D eigenvalue weighted by Crippen LogP contribution is 2.24. The Hall–Kier alpha value is -2.23. The molecule has 0 aliphatic heterocycles. The SMILES string of the molecule is CCc1ccc(C(=O)Nc2cc(C)ccc2O)o1. The van der Waals surface area contributed by atoms with Crippen LogP contribution in [-0.2, 0) is 6.42 Å². The summed E-state index contributed by atoms with van der Waals surface area (Å²) < 4.78 is 5.34. The second-order valence-electron chi connectivity index (χ2n) is 4.09. The lowest BCUT2D eigenvalue weighted by Gasteiger charge is -2.06. The number of carbonyl (C=O) groups excluding carboxylic acids is 1. The van der Waals surface area contributed by atoms with Crippen LogP contribution in [0.15, 0.2) is 34.7 Å². The predicted octanol–water partition coefficient (Wildman–Crippen LogP) is 3.11. The summed E-state index contributed by atoms with van der Waals surface area (Å²) in [5.41, 5.74) is 1.34. The van der Waals surface area contributed by atoms with E-state index in [1.165, 1.54) is 0 Å². The first kappa shape index (κ1) is 12.2. The van der Waals surface area contributed by atoms with Crippen molar-refractivity contribution in [2.45, 2.75) is 20.3 Å². The number of phenolic OH excluding ortho intramolecular Hbond substituents is 1. The van der Waals surface area contributed by atoms with E-state index >= 15 is 0 Å². The Labute approximate surface area is 105 Å². The summed E-state index contributed by atoms with van der Waals surface area (Å²) in [5.74, 6) is 0.674. The average molecular weight is 245 g/mol. The van der Waals surface area contributed by atoms with Gasteiger partial charge in [-0.2, -0.15) is 0 Å². The van der Waals surface area contributed by atoms with E-state index in [0.717, 1.165) is 17.7 Å². The van der Waals surface area contributed by atoms with Crippen LogP contribution in [-0.4, -0.2) is 11.0 Å². The van der Waals surface area contributed by atoms with Crippen LogP contribution in [0.4, 0.5) is 5.69 Å². The van der Waals surface area contributed by atoms with Crippen molar-refractivity contribution in [2.75, 3.05) is 5.32 Å². The van der Waals surface area contributed by atoms with Gasteiger partial charge in [0.2, 0.25) is 0 Å². The van der Waals surface area contributed by atoms with E-state index in [-0.39, 0.29) is 17.4 Å². The molecule has 4 nitrogen and oxygen atoms in total. The zero-order valence-electron chi connectivity index (χ0n) is 10.4. The third-order valence-electron chi connectivity index (χ3n) is 2.63. The molecule has 0 spiro atoms. The van der Waals surface area contributed by atoms with Crippen molar-refractivity contribution >= 4 is 11.6 Å². The van der Waals surface area contributed by atoms with Crippen molar-refractivity contribution < 1.29 is 14.3 Å². The third kappa shape index (κ3) is 2.53. The number of phenols is 1. The number of furan rings is 1. The van der Waals surface area contributed by atoms with Crippen LogP contribution >= 0.6 is 0 Å². The lowest BCUT2D eigenvalue weighted by molar-refractivity contribution is 0.0994. The van der Waals surface area contributed by atoms with Crippen LogP contribution in [0.2, 0.25) is 0 Å². The molecule has 0 unspecified atom stereocenters. The largest absolute Gasteiger partial charge is 0.506 e. The Morgan fingerprint density at radius 1 is 1.33 bits per heavy atom. The van der Waals surface area contributed by atoms with Crippen LogP contribution in [0.25, 0.3) is 0 Å². The number of hydrogen-bond acceptors (Lipinski definition) is 3. The Kier molecular flexibility index (Phi) is 3.37. The van der Waals surface area contributed by atoms with Crippen LogP contribution in [0, 0.1) is 6.92 Å². The molecule has 1 heterocycles. The molecule has 0 aliphatic rings. The summed E-state index contributed by atoms with van der Waals surface area (Å²) in [4.78, 5) is 11.9. The Balaban J connectivity index is 2.18. The fraction of sp³-hybridized carbons (Fsp3) is 0.214. The van der Waals surface area contributed by atoms with Gasteiger partial charge in [0.05, 0.1) is 5.69 Å². The third-order valence-corrected chi connectivity index (χ3v) is 2.63. The van der Waals surface area contributed by atoms with Crippen molar-refractivity contribution in [3.05, 3.63) is 47.4 Å². The molecule has 0 radical (unpaired) electrons. The van der Waals surface area contributed by atoms with E-state index in [4.69, 9.17) is 4.42 Å². The van der Waals surface area contributed by atoms with Crippen LogP contribution in [0.5, 0.6) is 5.75 Å². The fourth-order valence-corrected chi connectivity index (χ4v) is 1.62. The average Bonchev–Trinajstić information content (AvgIpc) is 2.82. The van der Waals surface area contributed by atoms with Gasteiger partial charge in [-0.1, -0.05) is 13.0 Å². The summed E-state index contributed by atoms with van der Waals surface area (Å²) in [6.07, 6.45) is 0.739. The van der Waals surface area contributed by atoms with Gasteiger partial charge in [-0.25, -0.2) is 0 Å². The van der Waals surface area contributed by atoms with E-state index < -0.39 is 0 Å². The van der Waals surface area contributed by atoms with Gasteiger partial charge in [-0.3, -0.25) is 4.79 Å². The molecule has 2 N–H and O–H groups in total. The summed E-state index contributed by atoms with van der Waals surface area (Å²) >= 11 is 0. The minimum absolute atomic E-state index is 0.0382. The summed E-state index contributed by atoms with van der Waals surface area (Å²) in [7, 11) is 0. The molecular formula is C14H15NO3. The predicted molar refractivity (Wildman–Crippen MR) is 68.9 cm³/mol. The van der Waals surface area contributed by atoms with Crippen molar-refractivity contribution in [3.63, 3.8) is 0 Å². The van der Waals surface area contributed by atoms with Crippen molar-refractivity contribution in [2.24, 2.45) is 0 Å². The normalized spacial score (nSPS) is 10.3. The van der Waals surface area contributed by atoms with Gasteiger partial charge in [0, 0.05) is 6.42 Å². The van der Waals surface area contributed by atoms with Gasteiger partial charge in [0.15, 0.2) is 5.76 Å². The van der Waals surface area contributed by atoms with Crippen molar-refractivity contribution in [1.82, 2.24) is 0 Å². The van der Waals surface area contributed by atoms with Crippen LogP contribution < -0.4 is 5.32 Å². The zero-order valence-corrected chi connectivity index (χ0v) is 10.4. The molecule has 1 aromatic carbocycles. The molecule has 94 valence electrons. The monoisotopic (exact) mass is 245 g/mol. The molecular weight excluding hydrogens is 230 g/mol. The summed E-state index contributed by atoms with van der Waals surface area (Å²) in [6, 6.07) is 8.42. The van der Waals surface area contributed by atoms with Gasteiger partial charge in [-0.05, 0) is 36.8 Å². The molecule has 2 aromatic rings. The Bertz CT molecular complexity index is 572. The second-order valence-corrected chi connectivity index (χ2v) is 4.09. The quantitative estimate of drug-likeness (QED) is 0.817. The van der Waals surface area contributed by atoms with E-state index in [1.54, 1.807) is 30.3 Å². The number of benzene rings is 1. The molecule has 0 aliphatic carbocycles. The van der Waals surface area contributed by atoms with Crippen molar-refractivity contribution in [3.8, 4) is 5.75 Å². The minimum Gasteiger partial charge on any atom is -0.506 e. The van der Waals surface area contributed by atoms with E-state index in [1.807, 2.05) is 13.8 Å². The van der Waals surface area contributed by atoms with Crippen LogP contribution in [0.3, 0.4) is 0 Å². The van der Waals surface area contributed by atoms with E-state index in [9.17, 15) is 9.90 Å². The zero-order chi connectivity index (χ0) is 13.1. The Morgan fingerprint density at radius 2 is 2.11 bits per heavy atom. The first-order chi connectivity index (χ1) is 8.60. The molecule has 0 saturated heterocycles. The molecule has 2 rings (SSSR count). The van der Waals surface area contributed by atoms with Gasteiger partial charge in [-0.15, -0.1) is 0 Å². The highest BCUT2D eigenvalue weighted by Gasteiger charge is 2.12. The number of amides is 1. The standard InChI is InChI=1S/C14H15NO3/c1-3-10-5-7-13(18-10)14(17)15-11-8-9(2)4-6-12(11)16/h4-8,16H,3H2,1-2H3,(H,15,17).